The molecule has 2 aromatic carbocycles. The second-order valence-corrected chi connectivity index (χ2v) is 7.72. The first-order chi connectivity index (χ1) is 15.6. The maximum Gasteiger partial charge on any atom is 0.247 e. The summed E-state index contributed by atoms with van der Waals surface area (Å²) in [6.07, 6.45) is 3.62. The molecule has 1 aliphatic heterocycles. The first-order valence-corrected chi connectivity index (χ1v) is 10.5. The predicted octanol–water partition coefficient (Wildman–Crippen LogP) is 2.80. The Balaban J connectivity index is 1.47. The Hall–Kier alpha value is -4.00. The van der Waals surface area contributed by atoms with E-state index in [9.17, 15) is 14.4 Å². The number of aromatic nitrogens is 1. The maximum absolute atomic E-state index is 13.0. The number of hydrogen-bond acceptors (Lipinski definition) is 4. The summed E-state index contributed by atoms with van der Waals surface area (Å²) in [4.78, 5) is 44.2. The summed E-state index contributed by atoms with van der Waals surface area (Å²) in [7, 11) is 0. The Bertz CT molecular complexity index is 1070. The number of para-hydroxylation sites is 1. The summed E-state index contributed by atoms with van der Waals surface area (Å²) < 4.78 is 0. The van der Waals surface area contributed by atoms with Gasteiger partial charge in [-0.15, -0.1) is 0 Å². The standard InChI is InChI=1S/C25H24N4O3/c30-23-15-19(17-29(23)21-11-5-2-6-12-21)24(31)28-22(14-18-8-3-1-4-9-18)25(32)27-20-10-7-13-26-16-20/h1-13,16,19,22H,14-15,17H2,(H,27,32)(H,28,31)/t19-,22-/m1/s1. The van der Waals surface area contributed by atoms with Gasteiger partial charge in [0, 0.05) is 31.3 Å². The van der Waals surface area contributed by atoms with E-state index in [4.69, 9.17) is 0 Å². The lowest BCUT2D eigenvalue weighted by molar-refractivity contribution is -0.129. The van der Waals surface area contributed by atoms with E-state index in [1.54, 1.807) is 29.4 Å². The number of carbonyl (C=O) groups is 3. The molecule has 3 amide bonds. The average Bonchev–Trinajstić information content (AvgIpc) is 3.22. The van der Waals surface area contributed by atoms with Crippen LogP contribution in [0.25, 0.3) is 0 Å². The van der Waals surface area contributed by atoms with Gasteiger partial charge in [-0.1, -0.05) is 48.5 Å². The molecule has 3 aromatic rings. The molecule has 4 rings (SSSR count). The highest BCUT2D eigenvalue weighted by Crippen LogP contribution is 2.25. The van der Waals surface area contributed by atoms with Gasteiger partial charge in [0.1, 0.15) is 6.04 Å². The molecule has 1 aromatic heterocycles. The minimum atomic E-state index is -0.786. The van der Waals surface area contributed by atoms with Crippen LogP contribution >= 0.6 is 0 Å². The van der Waals surface area contributed by atoms with Gasteiger partial charge >= 0.3 is 0 Å². The molecule has 2 N–H and O–H groups in total. The minimum absolute atomic E-state index is 0.101. The van der Waals surface area contributed by atoms with Crippen molar-refractivity contribution in [3.8, 4) is 0 Å². The molecule has 32 heavy (non-hydrogen) atoms. The van der Waals surface area contributed by atoms with Gasteiger partial charge in [-0.05, 0) is 29.8 Å². The lowest BCUT2D eigenvalue weighted by Crippen LogP contribution is -2.47. The summed E-state index contributed by atoms with van der Waals surface area (Å²) in [6.45, 7) is 0.289. The smallest absolute Gasteiger partial charge is 0.247 e. The highest BCUT2D eigenvalue weighted by Gasteiger charge is 2.36. The van der Waals surface area contributed by atoms with E-state index >= 15 is 0 Å². The number of anilines is 2. The molecule has 7 heteroatoms. The fourth-order valence-electron chi connectivity index (χ4n) is 3.76. The molecule has 0 saturated carbocycles. The summed E-state index contributed by atoms with van der Waals surface area (Å²) in [6, 6.07) is 21.5. The third-order valence-electron chi connectivity index (χ3n) is 5.41. The van der Waals surface area contributed by atoms with Gasteiger partial charge in [0.25, 0.3) is 0 Å². The van der Waals surface area contributed by atoms with Crippen LogP contribution in [0.15, 0.2) is 85.2 Å². The molecular weight excluding hydrogens is 404 g/mol. The van der Waals surface area contributed by atoms with Gasteiger partial charge in [-0.2, -0.15) is 0 Å². The molecule has 7 nitrogen and oxygen atoms in total. The molecule has 0 aliphatic carbocycles. The van der Waals surface area contributed by atoms with Crippen LogP contribution in [-0.2, 0) is 20.8 Å². The van der Waals surface area contributed by atoms with Crippen molar-refractivity contribution in [1.29, 1.82) is 0 Å². The number of hydrogen-bond donors (Lipinski definition) is 2. The summed E-state index contributed by atoms with van der Waals surface area (Å²) in [5.41, 5.74) is 2.24. The van der Waals surface area contributed by atoms with Gasteiger partial charge in [-0.25, -0.2) is 0 Å². The lowest BCUT2D eigenvalue weighted by atomic mass is 10.0. The highest BCUT2D eigenvalue weighted by atomic mass is 16.2. The first-order valence-electron chi connectivity index (χ1n) is 10.5. The Morgan fingerprint density at radius 3 is 2.41 bits per heavy atom. The van der Waals surface area contributed by atoms with E-state index < -0.39 is 12.0 Å². The maximum atomic E-state index is 13.0. The van der Waals surface area contributed by atoms with Crippen LogP contribution in [0.1, 0.15) is 12.0 Å². The second kappa shape index (κ2) is 9.87. The first kappa shape index (κ1) is 21.2. The topological polar surface area (TPSA) is 91.4 Å². The number of pyridine rings is 1. The minimum Gasteiger partial charge on any atom is -0.344 e. The fraction of sp³-hybridized carbons (Fsp3) is 0.200. The Morgan fingerprint density at radius 1 is 1.00 bits per heavy atom. The Morgan fingerprint density at radius 2 is 1.72 bits per heavy atom. The van der Waals surface area contributed by atoms with Crippen LogP contribution in [0.2, 0.25) is 0 Å². The van der Waals surface area contributed by atoms with Crippen LogP contribution < -0.4 is 15.5 Å². The molecule has 0 bridgehead atoms. The van der Waals surface area contributed by atoms with Gasteiger partial charge < -0.3 is 15.5 Å². The monoisotopic (exact) mass is 428 g/mol. The summed E-state index contributed by atoms with van der Waals surface area (Å²) in [5, 5.41) is 5.68. The van der Waals surface area contributed by atoms with Crippen molar-refractivity contribution >= 4 is 29.1 Å². The van der Waals surface area contributed by atoms with E-state index in [2.05, 4.69) is 15.6 Å². The molecule has 162 valence electrons. The average molecular weight is 428 g/mol. The van der Waals surface area contributed by atoms with E-state index in [1.165, 1.54) is 0 Å². The van der Waals surface area contributed by atoms with Gasteiger partial charge in [0.2, 0.25) is 17.7 Å². The van der Waals surface area contributed by atoms with Crippen LogP contribution in [0.3, 0.4) is 0 Å². The van der Waals surface area contributed by atoms with Crippen LogP contribution in [0.4, 0.5) is 11.4 Å². The molecular formula is C25H24N4O3. The Labute approximate surface area is 186 Å². The summed E-state index contributed by atoms with van der Waals surface area (Å²) >= 11 is 0. The highest BCUT2D eigenvalue weighted by molar-refractivity contribution is 6.02. The molecule has 1 aliphatic rings. The summed E-state index contributed by atoms with van der Waals surface area (Å²) in [5.74, 6) is -1.26. The number of carbonyl (C=O) groups excluding carboxylic acids is 3. The van der Waals surface area contributed by atoms with Crippen molar-refractivity contribution in [1.82, 2.24) is 10.3 Å². The van der Waals surface area contributed by atoms with Gasteiger partial charge in [-0.3, -0.25) is 19.4 Å². The van der Waals surface area contributed by atoms with E-state index in [1.807, 2.05) is 60.7 Å². The Kier molecular flexibility index (Phi) is 6.55. The molecule has 0 radical (unpaired) electrons. The van der Waals surface area contributed by atoms with Crippen molar-refractivity contribution in [3.63, 3.8) is 0 Å². The van der Waals surface area contributed by atoms with E-state index in [-0.39, 0.29) is 30.7 Å². The normalized spacial score (nSPS) is 16.4. The largest absolute Gasteiger partial charge is 0.344 e. The third kappa shape index (κ3) is 5.18. The van der Waals surface area contributed by atoms with Crippen LogP contribution in [0.5, 0.6) is 0 Å². The quantitative estimate of drug-likeness (QED) is 0.605. The van der Waals surface area contributed by atoms with Crippen molar-refractivity contribution in [2.45, 2.75) is 18.9 Å². The van der Waals surface area contributed by atoms with E-state index in [0.717, 1.165) is 11.3 Å². The van der Waals surface area contributed by atoms with Crippen molar-refractivity contribution in [3.05, 3.63) is 90.8 Å². The SMILES string of the molecule is O=C(N[C@H](Cc1ccccc1)C(=O)Nc1cccnc1)[C@@H]1CC(=O)N(c2ccccc2)C1. The predicted molar refractivity (Wildman–Crippen MR) is 122 cm³/mol. The number of rotatable bonds is 7. The number of amides is 3. The molecule has 1 saturated heterocycles. The molecule has 0 spiro atoms. The number of nitrogens with one attached hydrogen (secondary N) is 2. The number of benzene rings is 2. The van der Waals surface area contributed by atoms with E-state index in [0.29, 0.717) is 12.1 Å². The van der Waals surface area contributed by atoms with Gasteiger partial charge in [0.05, 0.1) is 17.8 Å². The second-order valence-electron chi connectivity index (χ2n) is 7.72. The van der Waals surface area contributed by atoms with Gasteiger partial charge in [0.15, 0.2) is 0 Å². The zero-order chi connectivity index (χ0) is 22.3. The lowest BCUT2D eigenvalue weighted by Gasteiger charge is -2.21. The zero-order valence-corrected chi connectivity index (χ0v) is 17.5. The number of nitrogens with zero attached hydrogens (tertiary/aromatic N) is 2. The molecule has 2 atom stereocenters. The van der Waals surface area contributed by atoms with Crippen LogP contribution in [-0.4, -0.2) is 35.3 Å². The van der Waals surface area contributed by atoms with Crippen molar-refractivity contribution in [2.24, 2.45) is 5.92 Å². The van der Waals surface area contributed by atoms with Crippen molar-refractivity contribution in [2.75, 3.05) is 16.8 Å². The molecule has 2 heterocycles. The fourth-order valence-corrected chi connectivity index (χ4v) is 3.76. The zero-order valence-electron chi connectivity index (χ0n) is 17.5. The third-order valence-corrected chi connectivity index (χ3v) is 5.41. The van der Waals surface area contributed by atoms with Crippen LogP contribution in [0, 0.1) is 5.92 Å². The van der Waals surface area contributed by atoms with Crippen molar-refractivity contribution < 1.29 is 14.4 Å². The molecule has 0 unspecified atom stereocenters. The molecule has 1 fully saturated rings.